The Morgan fingerprint density at radius 2 is 2.20 bits per heavy atom. The van der Waals surface area contributed by atoms with E-state index in [1.165, 1.54) is 0 Å². The Labute approximate surface area is 144 Å². The van der Waals surface area contributed by atoms with E-state index < -0.39 is 0 Å². The summed E-state index contributed by atoms with van der Waals surface area (Å²) in [5.41, 5.74) is 2.01. The summed E-state index contributed by atoms with van der Waals surface area (Å²) in [5.74, 6) is 0.660. The third-order valence-corrected chi connectivity index (χ3v) is 4.49. The predicted molar refractivity (Wildman–Crippen MR) is 92.8 cm³/mol. The van der Waals surface area contributed by atoms with Crippen molar-refractivity contribution in [2.45, 2.75) is 26.3 Å². The fraction of sp³-hybridized carbons (Fsp3) is 0.278. The molecule has 0 bridgehead atoms. The summed E-state index contributed by atoms with van der Waals surface area (Å²) >= 11 is 0. The zero-order valence-corrected chi connectivity index (χ0v) is 14.0. The lowest BCUT2D eigenvalue weighted by atomic mass is 10.1. The van der Waals surface area contributed by atoms with Gasteiger partial charge in [-0.1, -0.05) is 11.2 Å². The van der Waals surface area contributed by atoms with Gasteiger partial charge in [0.2, 0.25) is 0 Å². The molecule has 0 saturated carbocycles. The fourth-order valence-electron chi connectivity index (χ4n) is 3.24. The van der Waals surface area contributed by atoms with Crippen LogP contribution < -0.4 is 10.6 Å². The largest absolute Gasteiger partial charge is 0.360 e. The number of rotatable bonds is 2. The molecular weight excluding hydrogens is 320 g/mol. The standard InChI is InChI=1S/C18H18N4O3/c1-10-5-6-19-18(24)15-8-12-3-4-13(9-14(12)22(10)15)17(23)20-16-7-11(2)25-21-16/h3-4,7-10H,5-6H2,1-2H3,(H,19,24)(H,20,21,23). The highest BCUT2D eigenvalue weighted by molar-refractivity contribution is 6.07. The molecule has 3 heterocycles. The first-order valence-electron chi connectivity index (χ1n) is 8.21. The molecule has 2 amide bonds. The molecule has 1 atom stereocenters. The van der Waals surface area contributed by atoms with Gasteiger partial charge in [-0.3, -0.25) is 9.59 Å². The summed E-state index contributed by atoms with van der Waals surface area (Å²) < 4.78 is 6.97. The van der Waals surface area contributed by atoms with Crippen LogP contribution in [-0.2, 0) is 0 Å². The molecule has 1 aliphatic rings. The summed E-state index contributed by atoms with van der Waals surface area (Å²) in [5, 5.41) is 10.3. The van der Waals surface area contributed by atoms with Gasteiger partial charge in [-0.25, -0.2) is 0 Å². The number of carbonyl (C=O) groups excluding carboxylic acids is 2. The maximum atomic E-state index is 12.5. The zero-order valence-electron chi connectivity index (χ0n) is 14.0. The minimum Gasteiger partial charge on any atom is -0.360 e. The SMILES string of the molecule is Cc1cc(NC(=O)c2ccc3cc4n(c3c2)C(C)CCNC4=O)no1. The number of aryl methyl sites for hydroxylation is 1. The first-order valence-corrected chi connectivity index (χ1v) is 8.21. The molecule has 1 aromatic carbocycles. The van der Waals surface area contributed by atoms with E-state index >= 15 is 0 Å². The smallest absolute Gasteiger partial charge is 0.267 e. The number of aromatic nitrogens is 2. The lowest BCUT2D eigenvalue weighted by Gasteiger charge is -2.14. The van der Waals surface area contributed by atoms with Crippen molar-refractivity contribution in [2.75, 3.05) is 11.9 Å². The Morgan fingerprint density at radius 3 is 2.96 bits per heavy atom. The van der Waals surface area contributed by atoms with Crippen molar-refractivity contribution in [3.8, 4) is 0 Å². The van der Waals surface area contributed by atoms with Crippen molar-refractivity contribution in [2.24, 2.45) is 0 Å². The van der Waals surface area contributed by atoms with E-state index in [4.69, 9.17) is 4.52 Å². The van der Waals surface area contributed by atoms with Crippen molar-refractivity contribution in [1.82, 2.24) is 15.0 Å². The Morgan fingerprint density at radius 1 is 1.36 bits per heavy atom. The maximum absolute atomic E-state index is 12.5. The van der Waals surface area contributed by atoms with Gasteiger partial charge >= 0.3 is 0 Å². The van der Waals surface area contributed by atoms with Gasteiger partial charge in [0.15, 0.2) is 5.82 Å². The zero-order chi connectivity index (χ0) is 17.6. The predicted octanol–water partition coefficient (Wildman–Crippen LogP) is 2.88. The third-order valence-electron chi connectivity index (χ3n) is 4.49. The van der Waals surface area contributed by atoms with Crippen LogP contribution in [0.1, 0.15) is 46.0 Å². The Kier molecular flexibility index (Phi) is 3.56. The van der Waals surface area contributed by atoms with E-state index in [-0.39, 0.29) is 17.9 Å². The Bertz CT molecular complexity index is 986. The molecule has 0 radical (unpaired) electrons. The van der Waals surface area contributed by atoms with Crippen molar-refractivity contribution in [1.29, 1.82) is 0 Å². The van der Waals surface area contributed by atoms with Gasteiger partial charge in [0.25, 0.3) is 11.8 Å². The molecule has 128 valence electrons. The van der Waals surface area contributed by atoms with Gasteiger partial charge in [-0.2, -0.15) is 0 Å². The van der Waals surface area contributed by atoms with Crippen molar-refractivity contribution < 1.29 is 14.1 Å². The highest BCUT2D eigenvalue weighted by atomic mass is 16.5. The molecule has 2 aromatic heterocycles. The van der Waals surface area contributed by atoms with Crippen LogP contribution in [0.4, 0.5) is 5.82 Å². The van der Waals surface area contributed by atoms with E-state index in [0.717, 1.165) is 17.3 Å². The number of anilines is 1. The van der Waals surface area contributed by atoms with Crippen LogP contribution in [0.2, 0.25) is 0 Å². The average Bonchev–Trinajstić information content (AvgIpc) is 3.13. The van der Waals surface area contributed by atoms with E-state index in [0.29, 0.717) is 29.4 Å². The molecule has 0 aliphatic carbocycles. The molecule has 0 spiro atoms. The average molecular weight is 338 g/mol. The summed E-state index contributed by atoms with van der Waals surface area (Å²) in [6.45, 7) is 4.49. The lowest BCUT2D eigenvalue weighted by molar-refractivity contribution is 0.0950. The summed E-state index contributed by atoms with van der Waals surface area (Å²) in [6, 6.07) is 9.12. The molecule has 0 saturated heterocycles. The summed E-state index contributed by atoms with van der Waals surface area (Å²) in [6.07, 6.45) is 0.844. The molecule has 7 heteroatoms. The second-order valence-corrected chi connectivity index (χ2v) is 6.34. The fourth-order valence-corrected chi connectivity index (χ4v) is 3.24. The number of hydrogen-bond donors (Lipinski definition) is 2. The van der Waals surface area contributed by atoms with Gasteiger partial charge in [0.1, 0.15) is 11.5 Å². The number of carbonyl (C=O) groups is 2. The van der Waals surface area contributed by atoms with Crippen LogP contribution in [0, 0.1) is 6.92 Å². The van der Waals surface area contributed by atoms with Crippen molar-refractivity contribution in [3.63, 3.8) is 0 Å². The van der Waals surface area contributed by atoms with Crippen LogP contribution in [0.15, 0.2) is 34.9 Å². The summed E-state index contributed by atoms with van der Waals surface area (Å²) in [4.78, 5) is 24.7. The van der Waals surface area contributed by atoms with Gasteiger partial charge in [-0.15, -0.1) is 0 Å². The van der Waals surface area contributed by atoms with Crippen LogP contribution in [0.3, 0.4) is 0 Å². The van der Waals surface area contributed by atoms with Gasteiger partial charge in [-0.05, 0) is 38.5 Å². The number of nitrogens with zero attached hydrogens (tertiary/aromatic N) is 2. The van der Waals surface area contributed by atoms with Crippen LogP contribution in [0.5, 0.6) is 0 Å². The number of amides is 2. The first-order chi connectivity index (χ1) is 12.0. The monoisotopic (exact) mass is 338 g/mol. The number of fused-ring (bicyclic) bond motifs is 3. The number of nitrogens with one attached hydrogen (secondary N) is 2. The molecule has 1 aliphatic heterocycles. The topological polar surface area (TPSA) is 89.2 Å². The molecule has 2 N–H and O–H groups in total. The highest BCUT2D eigenvalue weighted by Crippen LogP contribution is 2.28. The molecule has 0 fully saturated rings. The molecule has 3 aromatic rings. The van der Waals surface area contributed by atoms with Crippen LogP contribution in [0.25, 0.3) is 10.9 Å². The molecule has 25 heavy (non-hydrogen) atoms. The Balaban J connectivity index is 1.74. The van der Waals surface area contributed by atoms with Crippen molar-refractivity contribution >= 4 is 28.5 Å². The van der Waals surface area contributed by atoms with Crippen LogP contribution in [-0.4, -0.2) is 28.1 Å². The van der Waals surface area contributed by atoms with E-state index in [2.05, 4.69) is 22.7 Å². The van der Waals surface area contributed by atoms with Crippen LogP contribution >= 0.6 is 0 Å². The number of hydrogen-bond acceptors (Lipinski definition) is 4. The first kappa shape index (κ1) is 15.4. The third kappa shape index (κ3) is 2.67. The van der Waals surface area contributed by atoms with E-state index in [9.17, 15) is 9.59 Å². The molecule has 1 unspecified atom stereocenters. The minimum absolute atomic E-state index is 0.0791. The quantitative estimate of drug-likeness (QED) is 0.752. The summed E-state index contributed by atoms with van der Waals surface area (Å²) in [7, 11) is 0. The molecule has 4 rings (SSSR count). The normalized spacial score (nSPS) is 17.0. The second-order valence-electron chi connectivity index (χ2n) is 6.34. The van der Waals surface area contributed by atoms with Gasteiger partial charge < -0.3 is 19.7 Å². The highest BCUT2D eigenvalue weighted by Gasteiger charge is 2.23. The lowest BCUT2D eigenvalue weighted by Crippen LogP contribution is -2.22. The number of benzene rings is 1. The molecular formula is C18H18N4O3. The Hall–Kier alpha value is -3.09. The van der Waals surface area contributed by atoms with Gasteiger partial charge in [0.05, 0.1) is 0 Å². The second kappa shape index (κ2) is 5.77. The van der Waals surface area contributed by atoms with E-state index in [1.807, 2.05) is 22.8 Å². The van der Waals surface area contributed by atoms with E-state index in [1.54, 1.807) is 19.1 Å². The van der Waals surface area contributed by atoms with Crippen molar-refractivity contribution in [3.05, 3.63) is 47.3 Å². The molecule has 7 nitrogen and oxygen atoms in total. The van der Waals surface area contributed by atoms with Gasteiger partial charge in [0, 0.05) is 35.1 Å². The minimum atomic E-state index is -0.267. The maximum Gasteiger partial charge on any atom is 0.267 e.